The molecule has 0 aliphatic carbocycles. The SMILES string of the molecule is Cc1cccc2nc(N(C=O)c3scc(-c4ccc(Cl)cc4)c3C(=O)O)cnc12. The predicted molar refractivity (Wildman–Crippen MR) is 114 cm³/mol. The van der Waals surface area contributed by atoms with Crippen LogP contribution in [0.2, 0.25) is 5.02 Å². The fourth-order valence-electron chi connectivity index (χ4n) is 3.07. The lowest BCUT2D eigenvalue weighted by atomic mass is 10.0. The smallest absolute Gasteiger partial charge is 0.339 e. The summed E-state index contributed by atoms with van der Waals surface area (Å²) in [7, 11) is 0. The van der Waals surface area contributed by atoms with Crippen LogP contribution in [0.4, 0.5) is 10.8 Å². The lowest BCUT2D eigenvalue weighted by Gasteiger charge is -2.16. The van der Waals surface area contributed by atoms with E-state index < -0.39 is 5.97 Å². The minimum absolute atomic E-state index is 0.0237. The maximum atomic E-state index is 12.1. The molecule has 1 N–H and O–H groups in total. The molecule has 0 spiro atoms. The van der Waals surface area contributed by atoms with Crippen molar-refractivity contribution in [2.45, 2.75) is 6.92 Å². The Balaban J connectivity index is 1.85. The van der Waals surface area contributed by atoms with Gasteiger partial charge in [0, 0.05) is 16.0 Å². The number of anilines is 2. The molecule has 0 aliphatic heterocycles. The zero-order valence-electron chi connectivity index (χ0n) is 15.2. The standard InChI is InChI=1S/C21H14ClN3O3S/c1-12-3-2-4-16-19(12)23-9-17(24-16)25(11-26)20-18(21(27)28)15(10-29-20)13-5-7-14(22)8-6-13/h2-11H,1H3,(H,27,28). The van der Waals surface area contributed by atoms with E-state index in [4.69, 9.17) is 11.6 Å². The Labute approximate surface area is 175 Å². The number of halogens is 1. The van der Waals surface area contributed by atoms with Crippen molar-refractivity contribution in [1.82, 2.24) is 9.97 Å². The van der Waals surface area contributed by atoms with Gasteiger partial charge in [0.25, 0.3) is 0 Å². The Morgan fingerprint density at radius 3 is 2.66 bits per heavy atom. The van der Waals surface area contributed by atoms with E-state index in [1.807, 2.05) is 19.1 Å². The summed E-state index contributed by atoms with van der Waals surface area (Å²) in [5.41, 5.74) is 3.54. The van der Waals surface area contributed by atoms with Crippen molar-refractivity contribution in [3.8, 4) is 11.1 Å². The van der Waals surface area contributed by atoms with Gasteiger partial charge in [0.2, 0.25) is 6.41 Å². The molecule has 144 valence electrons. The molecule has 0 fully saturated rings. The van der Waals surface area contributed by atoms with E-state index in [0.29, 0.717) is 28.1 Å². The molecule has 4 aromatic rings. The second kappa shape index (κ2) is 7.62. The molecule has 0 aliphatic rings. The highest BCUT2D eigenvalue weighted by Gasteiger charge is 2.25. The van der Waals surface area contributed by atoms with Gasteiger partial charge >= 0.3 is 5.97 Å². The van der Waals surface area contributed by atoms with Crippen molar-refractivity contribution >= 4 is 57.2 Å². The van der Waals surface area contributed by atoms with E-state index in [1.54, 1.807) is 35.7 Å². The number of para-hydroxylation sites is 1. The van der Waals surface area contributed by atoms with Crippen LogP contribution in [0.5, 0.6) is 0 Å². The monoisotopic (exact) mass is 423 g/mol. The van der Waals surface area contributed by atoms with Gasteiger partial charge in [-0.3, -0.25) is 14.7 Å². The highest BCUT2D eigenvalue weighted by molar-refractivity contribution is 7.15. The summed E-state index contributed by atoms with van der Waals surface area (Å²) in [5, 5.41) is 12.4. The molecule has 2 aromatic carbocycles. The second-order valence-electron chi connectivity index (χ2n) is 6.29. The number of aromatic carboxylic acids is 1. The molecule has 0 saturated heterocycles. The number of carboxylic acid groups (broad SMARTS) is 1. The van der Waals surface area contributed by atoms with Crippen LogP contribution in [0, 0.1) is 6.92 Å². The number of carbonyl (C=O) groups is 2. The zero-order valence-corrected chi connectivity index (χ0v) is 16.7. The molecule has 0 unspecified atom stereocenters. The highest BCUT2D eigenvalue weighted by atomic mass is 35.5. The van der Waals surface area contributed by atoms with Crippen molar-refractivity contribution in [3.05, 3.63) is 70.2 Å². The first-order valence-corrected chi connectivity index (χ1v) is 9.83. The molecule has 0 saturated carbocycles. The van der Waals surface area contributed by atoms with Gasteiger partial charge in [0.15, 0.2) is 5.82 Å². The molecule has 8 heteroatoms. The summed E-state index contributed by atoms with van der Waals surface area (Å²) < 4.78 is 0. The Kier molecular flexibility index (Phi) is 5.00. The van der Waals surface area contributed by atoms with E-state index >= 15 is 0 Å². The number of amides is 1. The number of aromatic nitrogens is 2. The van der Waals surface area contributed by atoms with Crippen LogP contribution in [0.3, 0.4) is 0 Å². The molecule has 2 heterocycles. The van der Waals surface area contributed by atoms with Crippen LogP contribution in [0.25, 0.3) is 22.2 Å². The van der Waals surface area contributed by atoms with Crippen molar-refractivity contribution in [2.24, 2.45) is 0 Å². The summed E-state index contributed by atoms with van der Waals surface area (Å²) in [6, 6.07) is 12.4. The van der Waals surface area contributed by atoms with Crippen molar-refractivity contribution in [1.29, 1.82) is 0 Å². The van der Waals surface area contributed by atoms with Crippen LogP contribution < -0.4 is 4.90 Å². The van der Waals surface area contributed by atoms with Crippen LogP contribution in [-0.4, -0.2) is 27.5 Å². The summed E-state index contributed by atoms with van der Waals surface area (Å²) in [6.45, 7) is 1.92. The molecule has 6 nitrogen and oxygen atoms in total. The largest absolute Gasteiger partial charge is 0.478 e. The Bertz CT molecular complexity index is 1240. The maximum Gasteiger partial charge on any atom is 0.339 e. The number of nitrogens with zero attached hydrogens (tertiary/aromatic N) is 3. The van der Waals surface area contributed by atoms with E-state index in [0.717, 1.165) is 22.4 Å². The molecule has 0 bridgehead atoms. The Morgan fingerprint density at radius 1 is 1.21 bits per heavy atom. The first kappa shape index (κ1) is 19.0. The quantitative estimate of drug-likeness (QED) is 0.439. The first-order valence-electron chi connectivity index (χ1n) is 8.57. The minimum Gasteiger partial charge on any atom is -0.478 e. The average Bonchev–Trinajstić information content (AvgIpc) is 3.14. The third-order valence-corrected chi connectivity index (χ3v) is 5.70. The number of hydrogen-bond acceptors (Lipinski definition) is 5. The summed E-state index contributed by atoms with van der Waals surface area (Å²) >= 11 is 7.09. The topological polar surface area (TPSA) is 83.4 Å². The van der Waals surface area contributed by atoms with Gasteiger partial charge in [-0.1, -0.05) is 35.9 Å². The van der Waals surface area contributed by atoms with Gasteiger partial charge in [0.1, 0.15) is 10.6 Å². The number of carboxylic acids is 1. The average molecular weight is 424 g/mol. The second-order valence-corrected chi connectivity index (χ2v) is 7.58. The number of rotatable bonds is 5. The fraction of sp³-hybridized carbons (Fsp3) is 0.0476. The van der Waals surface area contributed by atoms with Crippen molar-refractivity contribution in [2.75, 3.05) is 4.90 Å². The predicted octanol–water partition coefficient (Wildman–Crippen LogP) is 5.31. The van der Waals surface area contributed by atoms with Crippen LogP contribution >= 0.6 is 22.9 Å². The van der Waals surface area contributed by atoms with Crippen molar-refractivity contribution < 1.29 is 14.7 Å². The number of thiophene rings is 1. The lowest BCUT2D eigenvalue weighted by Crippen LogP contribution is -2.17. The molecular formula is C21H14ClN3O3S. The summed E-state index contributed by atoms with van der Waals surface area (Å²) in [4.78, 5) is 34.1. The van der Waals surface area contributed by atoms with Crippen LogP contribution in [0.15, 0.2) is 54.0 Å². The van der Waals surface area contributed by atoms with Gasteiger partial charge in [-0.2, -0.15) is 0 Å². The van der Waals surface area contributed by atoms with E-state index in [1.165, 1.54) is 11.1 Å². The fourth-order valence-corrected chi connectivity index (χ4v) is 4.25. The van der Waals surface area contributed by atoms with Gasteiger partial charge in [0.05, 0.1) is 17.2 Å². The first-order chi connectivity index (χ1) is 14.0. The minimum atomic E-state index is -1.14. The van der Waals surface area contributed by atoms with Crippen molar-refractivity contribution in [3.63, 3.8) is 0 Å². The van der Waals surface area contributed by atoms with E-state index in [-0.39, 0.29) is 16.4 Å². The molecule has 0 atom stereocenters. The van der Waals surface area contributed by atoms with Gasteiger partial charge in [-0.15, -0.1) is 11.3 Å². The molecule has 29 heavy (non-hydrogen) atoms. The third-order valence-electron chi connectivity index (χ3n) is 4.47. The maximum absolute atomic E-state index is 12.1. The number of carbonyl (C=O) groups excluding carboxylic acids is 1. The summed E-state index contributed by atoms with van der Waals surface area (Å²) in [5.74, 6) is -0.882. The number of hydrogen-bond donors (Lipinski definition) is 1. The lowest BCUT2D eigenvalue weighted by molar-refractivity contribution is -0.106. The number of benzene rings is 2. The van der Waals surface area contributed by atoms with Gasteiger partial charge < -0.3 is 5.11 Å². The van der Waals surface area contributed by atoms with Gasteiger partial charge in [-0.25, -0.2) is 9.78 Å². The Hall–Kier alpha value is -3.29. The van der Waals surface area contributed by atoms with E-state index in [2.05, 4.69) is 9.97 Å². The highest BCUT2D eigenvalue weighted by Crippen LogP contribution is 2.40. The molecular weight excluding hydrogens is 410 g/mol. The number of fused-ring (bicyclic) bond motifs is 1. The number of aryl methyl sites for hydroxylation is 1. The van der Waals surface area contributed by atoms with E-state index in [9.17, 15) is 14.7 Å². The summed E-state index contributed by atoms with van der Waals surface area (Å²) in [6.07, 6.45) is 2.02. The molecule has 0 radical (unpaired) electrons. The normalized spacial score (nSPS) is 10.8. The van der Waals surface area contributed by atoms with Crippen LogP contribution in [0.1, 0.15) is 15.9 Å². The molecule has 2 aromatic heterocycles. The van der Waals surface area contributed by atoms with Crippen LogP contribution in [-0.2, 0) is 4.79 Å². The third kappa shape index (κ3) is 3.46. The zero-order chi connectivity index (χ0) is 20.5. The van der Waals surface area contributed by atoms with Gasteiger partial charge in [-0.05, 0) is 36.2 Å². The molecule has 4 rings (SSSR count). The Morgan fingerprint density at radius 2 is 1.97 bits per heavy atom. The molecule has 1 amide bonds.